The van der Waals surface area contributed by atoms with Crippen LogP contribution in [-0.4, -0.2) is 25.7 Å². The van der Waals surface area contributed by atoms with Crippen molar-refractivity contribution in [3.63, 3.8) is 0 Å². The molecule has 0 aliphatic carbocycles. The fourth-order valence-corrected chi connectivity index (χ4v) is 1.34. The van der Waals surface area contributed by atoms with E-state index in [-0.39, 0.29) is 6.54 Å². The molecule has 0 spiro atoms. The smallest absolute Gasteiger partial charge is 0.325 e. The van der Waals surface area contributed by atoms with E-state index >= 15 is 0 Å². The number of carbonyl (C=O) groups excluding carboxylic acids is 2. The number of rotatable bonds is 3. The summed E-state index contributed by atoms with van der Waals surface area (Å²) in [5.74, 6) is -0.485. The van der Waals surface area contributed by atoms with Gasteiger partial charge in [-0.1, -0.05) is 17.7 Å². The van der Waals surface area contributed by atoms with Crippen molar-refractivity contribution in [1.82, 2.24) is 5.32 Å². The van der Waals surface area contributed by atoms with Crippen LogP contribution < -0.4 is 10.6 Å². The summed E-state index contributed by atoms with van der Waals surface area (Å²) >= 11 is 0. The van der Waals surface area contributed by atoms with Crippen molar-refractivity contribution in [2.24, 2.45) is 0 Å². The summed E-state index contributed by atoms with van der Waals surface area (Å²) < 4.78 is 4.41. The highest BCUT2D eigenvalue weighted by Crippen LogP contribution is 2.15. The third-order valence-electron chi connectivity index (χ3n) is 2.25. The number of carbonyl (C=O) groups is 2. The molecule has 0 fully saturated rings. The molecule has 0 atom stereocenters. The summed E-state index contributed by atoms with van der Waals surface area (Å²) in [4.78, 5) is 22.3. The lowest BCUT2D eigenvalue weighted by atomic mass is 10.1. The third kappa shape index (κ3) is 4.14. The van der Waals surface area contributed by atoms with Gasteiger partial charge in [-0.25, -0.2) is 4.79 Å². The molecule has 0 bridgehead atoms. The Morgan fingerprint density at radius 1 is 1.29 bits per heavy atom. The molecule has 1 aromatic carbocycles. The number of hydrogen-bond donors (Lipinski definition) is 2. The van der Waals surface area contributed by atoms with Crippen molar-refractivity contribution in [2.75, 3.05) is 19.0 Å². The predicted molar refractivity (Wildman–Crippen MR) is 65.0 cm³/mol. The number of amides is 2. The van der Waals surface area contributed by atoms with Crippen LogP contribution >= 0.6 is 0 Å². The van der Waals surface area contributed by atoms with E-state index < -0.39 is 12.0 Å². The number of esters is 1. The van der Waals surface area contributed by atoms with Crippen LogP contribution in [0.15, 0.2) is 18.2 Å². The zero-order chi connectivity index (χ0) is 12.8. The molecule has 5 heteroatoms. The molecule has 92 valence electrons. The van der Waals surface area contributed by atoms with E-state index in [0.717, 1.165) is 16.8 Å². The maximum absolute atomic E-state index is 11.4. The topological polar surface area (TPSA) is 67.4 Å². The van der Waals surface area contributed by atoms with Crippen LogP contribution in [0.25, 0.3) is 0 Å². The molecule has 2 N–H and O–H groups in total. The zero-order valence-electron chi connectivity index (χ0n) is 10.2. The molecule has 0 radical (unpaired) electrons. The largest absolute Gasteiger partial charge is 0.468 e. The number of methoxy groups -OCH3 is 1. The molecule has 0 saturated carbocycles. The Balaban J connectivity index is 2.53. The Morgan fingerprint density at radius 3 is 2.59 bits per heavy atom. The second-order valence-electron chi connectivity index (χ2n) is 3.70. The molecule has 0 saturated heterocycles. The van der Waals surface area contributed by atoms with E-state index in [1.165, 1.54) is 7.11 Å². The SMILES string of the molecule is COC(=O)CNC(=O)Nc1ccc(C)cc1C. The highest BCUT2D eigenvalue weighted by Gasteiger charge is 2.06. The van der Waals surface area contributed by atoms with Gasteiger partial charge in [-0.2, -0.15) is 0 Å². The average Bonchev–Trinajstić information content (AvgIpc) is 2.29. The summed E-state index contributed by atoms with van der Waals surface area (Å²) in [5, 5.41) is 5.06. The normalized spacial score (nSPS) is 9.59. The molecule has 0 aliphatic rings. The number of ether oxygens (including phenoxy) is 1. The summed E-state index contributed by atoms with van der Waals surface area (Å²) in [6.45, 7) is 3.74. The van der Waals surface area contributed by atoms with Gasteiger partial charge in [0.25, 0.3) is 0 Å². The third-order valence-corrected chi connectivity index (χ3v) is 2.25. The van der Waals surface area contributed by atoms with Gasteiger partial charge in [-0.05, 0) is 25.5 Å². The molecular weight excluding hydrogens is 220 g/mol. The van der Waals surface area contributed by atoms with Gasteiger partial charge in [0.2, 0.25) is 0 Å². The van der Waals surface area contributed by atoms with Gasteiger partial charge >= 0.3 is 12.0 Å². The van der Waals surface area contributed by atoms with Crippen molar-refractivity contribution in [2.45, 2.75) is 13.8 Å². The van der Waals surface area contributed by atoms with E-state index in [4.69, 9.17) is 0 Å². The standard InChI is InChI=1S/C12H16N2O3/c1-8-4-5-10(9(2)6-8)14-12(16)13-7-11(15)17-3/h4-6H,7H2,1-3H3,(H2,13,14,16). The lowest BCUT2D eigenvalue weighted by molar-refractivity contribution is -0.139. The monoisotopic (exact) mass is 236 g/mol. The minimum atomic E-state index is -0.485. The minimum absolute atomic E-state index is 0.146. The molecule has 17 heavy (non-hydrogen) atoms. The van der Waals surface area contributed by atoms with Gasteiger partial charge in [0.05, 0.1) is 7.11 Å². The lowest BCUT2D eigenvalue weighted by Crippen LogP contribution is -2.33. The minimum Gasteiger partial charge on any atom is -0.468 e. The first-order valence-corrected chi connectivity index (χ1v) is 5.22. The number of nitrogens with one attached hydrogen (secondary N) is 2. The molecule has 0 aromatic heterocycles. The first kappa shape index (κ1) is 13.0. The van der Waals surface area contributed by atoms with Gasteiger partial charge < -0.3 is 15.4 Å². The fourth-order valence-electron chi connectivity index (χ4n) is 1.34. The van der Waals surface area contributed by atoms with Crippen molar-refractivity contribution >= 4 is 17.7 Å². The van der Waals surface area contributed by atoms with Crippen molar-refractivity contribution in [1.29, 1.82) is 0 Å². The van der Waals surface area contributed by atoms with Crippen LogP contribution in [0.2, 0.25) is 0 Å². The second kappa shape index (κ2) is 5.89. The van der Waals surface area contributed by atoms with E-state index in [0.29, 0.717) is 0 Å². The summed E-state index contributed by atoms with van der Waals surface area (Å²) in [6.07, 6.45) is 0. The Labute approximate surface area is 100 Å². The quantitative estimate of drug-likeness (QED) is 0.783. The predicted octanol–water partition coefficient (Wildman–Crippen LogP) is 1.60. The summed E-state index contributed by atoms with van der Waals surface area (Å²) in [5.41, 5.74) is 2.82. The van der Waals surface area contributed by atoms with Gasteiger partial charge in [0.15, 0.2) is 0 Å². The van der Waals surface area contributed by atoms with Crippen LogP contribution in [0.3, 0.4) is 0 Å². The van der Waals surface area contributed by atoms with E-state index in [9.17, 15) is 9.59 Å². The molecule has 0 aliphatic heterocycles. The highest BCUT2D eigenvalue weighted by atomic mass is 16.5. The maximum atomic E-state index is 11.4. The number of anilines is 1. The van der Waals surface area contributed by atoms with Gasteiger partial charge in [-0.3, -0.25) is 4.79 Å². The van der Waals surface area contributed by atoms with E-state index in [1.807, 2.05) is 32.0 Å². The van der Waals surface area contributed by atoms with Crippen LogP contribution in [0.5, 0.6) is 0 Å². The van der Waals surface area contributed by atoms with Crippen molar-refractivity contribution < 1.29 is 14.3 Å². The molecule has 0 heterocycles. The summed E-state index contributed by atoms with van der Waals surface area (Å²) in [6, 6.07) is 5.27. The number of aryl methyl sites for hydroxylation is 2. The van der Waals surface area contributed by atoms with Crippen molar-refractivity contribution in [3.05, 3.63) is 29.3 Å². The Bertz CT molecular complexity index is 430. The van der Waals surface area contributed by atoms with Crippen LogP contribution in [-0.2, 0) is 9.53 Å². The van der Waals surface area contributed by atoms with Crippen LogP contribution in [0.1, 0.15) is 11.1 Å². The van der Waals surface area contributed by atoms with Gasteiger partial charge in [-0.15, -0.1) is 0 Å². The fraction of sp³-hybridized carbons (Fsp3) is 0.333. The maximum Gasteiger partial charge on any atom is 0.325 e. The first-order chi connectivity index (χ1) is 8.02. The molecule has 5 nitrogen and oxygen atoms in total. The van der Waals surface area contributed by atoms with Crippen LogP contribution in [0.4, 0.5) is 10.5 Å². The van der Waals surface area contributed by atoms with Gasteiger partial charge in [0, 0.05) is 5.69 Å². The lowest BCUT2D eigenvalue weighted by Gasteiger charge is -2.09. The molecule has 0 unspecified atom stereocenters. The van der Waals surface area contributed by atoms with Crippen LogP contribution in [0, 0.1) is 13.8 Å². The molecule has 1 rings (SSSR count). The number of hydrogen-bond acceptors (Lipinski definition) is 3. The first-order valence-electron chi connectivity index (χ1n) is 5.22. The molecule has 1 aromatic rings. The average molecular weight is 236 g/mol. The zero-order valence-corrected chi connectivity index (χ0v) is 10.2. The Kier molecular flexibility index (Phi) is 4.51. The van der Waals surface area contributed by atoms with E-state index in [2.05, 4.69) is 15.4 Å². The second-order valence-corrected chi connectivity index (χ2v) is 3.70. The van der Waals surface area contributed by atoms with Crippen molar-refractivity contribution in [3.8, 4) is 0 Å². The highest BCUT2D eigenvalue weighted by molar-refractivity contribution is 5.92. The van der Waals surface area contributed by atoms with Gasteiger partial charge in [0.1, 0.15) is 6.54 Å². The molecular formula is C12H16N2O3. The number of urea groups is 1. The Morgan fingerprint density at radius 2 is 2.00 bits per heavy atom. The number of benzene rings is 1. The molecule has 2 amide bonds. The Hall–Kier alpha value is -2.04. The summed E-state index contributed by atoms with van der Waals surface area (Å²) in [7, 11) is 1.27. The van der Waals surface area contributed by atoms with E-state index in [1.54, 1.807) is 0 Å².